The van der Waals surface area contributed by atoms with Gasteiger partial charge in [-0.3, -0.25) is 0 Å². The normalized spacial score (nSPS) is 19.9. The van der Waals surface area contributed by atoms with E-state index in [-0.39, 0.29) is 5.75 Å². The van der Waals surface area contributed by atoms with Crippen LogP contribution >= 0.6 is 0 Å². The number of rotatable bonds is 1. The standard InChI is InChI=1S/C13H15N3O/c1-8-15-12(9-5-6-14-7-9)10-3-2-4-11(17)13(10)16-8/h2-4,9,14,17H,5-7H2,1H3. The average molecular weight is 229 g/mol. The van der Waals surface area contributed by atoms with Crippen LogP contribution in [0.15, 0.2) is 18.2 Å². The van der Waals surface area contributed by atoms with Gasteiger partial charge >= 0.3 is 0 Å². The fourth-order valence-electron chi connectivity index (χ4n) is 2.48. The third-order valence-corrected chi connectivity index (χ3v) is 3.29. The highest BCUT2D eigenvalue weighted by Gasteiger charge is 2.21. The highest BCUT2D eigenvalue weighted by molar-refractivity contribution is 5.86. The monoisotopic (exact) mass is 229 g/mol. The predicted octanol–water partition coefficient (Wildman–Crippen LogP) is 1.72. The van der Waals surface area contributed by atoms with E-state index in [2.05, 4.69) is 15.3 Å². The highest BCUT2D eigenvalue weighted by atomic mass is 16.3. The van der Waals surface area contributed by atoms with Crippen molar-refractivity contribution in [2.75, 3.05) is 13.1 Å². The molecule has 3 rings (SSSR count). The molecule has 2 heterocycles. The third kappa shape index (κ3) is 1.74. The number of hydrogen-bond donors (Lipinski definition) is 2. The molecule has 1 atom stereocenters. The van der Waals surface area contributed by atoms with Gasteiger partial charge in [-0.15, -0.1) is 0 Å². The van der Waals surface area contributed by atoms with Gasteiger partial charge in [0, 0.05) is 17.8 Å². The van der Waals surface area contributed by atoms with Gasteiger partial charge in [0.1, 0.15) is 17.1 Å². The molecule has 0 bridgehead atoms. The van der Waals surface area contributed by atoms with Gasteiger partial charge in [-0.05, 0) is 26.0 Å². The molecule has 0 saturated carbocycles. The van der Waals surface area contributed by atoms with Crippen LogP contribution in [0.2, 0.25) is 0 Å². The summed E-state index contributed by atoms with van der Waals surface area (Å²) in [5.74, 6) is 1.39. The first-order chi connectivity index (χ1) is 8.25. The number of fused-ring (bicyclic) bond motifs is 1. The number of aromatic hydroxyl groups is 1. The molecule has 17 heavy (non-hydrogen) atoms. The molecular formula is C13H15N3O. The molecule has 2 N–H and O–H groups in total. The minimum Gasteiger partial charge on any atom is -0.506 e. The molecule has 1 saturated heterocycles. The second kappa shape index (κ2) is 3.96. The van der Waals surface area contributed by atoms with E-state index in [1.807, 2.05) is 19.1 Å². The van der Waals surface area contributed by atoms with Gasteiger partial charge in [-0.2, -0.15) is 0 Å². The molecule has 1 fully saturated rings. The van der Waals surface area contributed by atoms with Crippen molar-refractivity contribution in [3.05, 3.63) is 29.7 Å². The maximum Gasteiger partial charge on any atom is 0.141 e. The van der Waals surface area contributed by atoms with Crippen LogP contribution in [0.25, 0.3) is 10.9 Å². The van der Waals surface area contributed by atoms with Crippen LogP contribution in [0, 0.1) is 6.92 Å². The maximum absolute atomic E-state index is 9.86. The first kappa shape index (κ1) is 10.5. The van der Waals surface area contributed by atoms with Crippen LogP contribution < -0.4 is 5.32 Å². The maximum atomic E-state index is 9.86. The summed E-state index contributed by atoms with van der Waals surface area (Å²) in [5, 5.41) is 14.2. The Kier molecular flexibility index (Phi) is 2.44. The number of phenolic OH excluding ortho intramolecular Hbond substituents is 1. The molecule has 0 aliphatic carbocycles. The van der Waals surface area contributed by atoms with E-state index in [4.69, 9.17) is 0 Å². The summed E-state index contributed by atoms with van der Waals surface area (Å²) in [5.41, 5.74) is 1.73. The van der Waals surface area contributed by atoms with Crippen molar-refractivity contribution in [1.29, 1.82) is 0 Å². The lowest BCUT2D eigenvalue weighted by atomic mass is 10.00. The Morgan fingerprint density at radius 2 is 2.24 bits per heavy atom. The number of nitrogens with zero attached hydrogens (tertiary/aromatic N) is 2. The Morgan fingerprint density at radius 1 is 1.35 bits per heavy atom. The number of aryl methyl sites for hydroxylation is 1. The molecule has 2 aromatic rings. The Labute approximate surface area is 99.7 Å². The highest BCUT2D eigenvalue weighted by Crippen LogP contribution is 2.30. The van der Waals surface area contributed by atoms with Gasteiger partial charge in [0.25, 0.3) is 0 Å². The summed E-state index contributed by atoms with van der Waals surface area (Å²) in [6.45, 7) is 3.87. The van der Waals surface area contributed by atoms with Crippen LogP contribution in [0.3, 0.4) is 0 Å². The van der Waals surface area contributed by atoms with Crippen molar-refractivity contribution in [3.8, 4) is 5.75 Å². The molecule has 0 radical (unpaired) electrons. The first-order valence-corrected chi connectivity index (χ1v) is 5.92. The van der Waals surface area contributed by atoms with Crippen LogP contribution in [-0.4, -0.2) is 28.2 Å². The zero-order valence-electron chi connectivity index (χ0n) is 9.77. The number of benzene rings is 1. The number of aromatic nitrogens is 2. The molecule has 1 unspecified atom stereocenters. The quantitative estimate of drug-likeness (QED) is 0.781. The number of phenols is 1. The molecular weight excluding hydrogens is 214 g/mol. The Balaban J connectivity index is 2.25. The molecule has 4 heteroatoms. The van der Waals surface area contributed by atoms with E-state index >= 15 is 0 Å². The summed E-state index contributed by atoms with van der Waals surface area (Å²) in [4.78, 5) is 8.89. The number of hydrogen-bond acceptors (Lipinski definition) is 4. The summed E-state index contributed by atoms with van der Waals surface area (Å²) in [6, 6.07) is 5.51. The lowest BCUT2D eigenvalue weighted by Gasteiger charge is -2.12. The van der Waals surface area contributed by atoms with Crippen molar-refractivity contribution in [2.45, 2.75) is 19.3 Å². The Hall–Kier alpha value is -1.68. The second-order valence-electron chi connectivity index (χ2n) is 4.52. The van der Waals surface area contributed by atoms with E-state index in [9.17, 15) is 5.11 Å². The zero-order chi connectivity index (χ0) is 11.8. The Morgan fingerprint density at radius 3 is 3.00 bits per heavy atom. The van der Waals surface area contributed by atoms with Crippen LogP contribution in [0.1, 0.15) is 23.9 Å². The molecule has 0 amide bonds. The number of para-hydroxylation sites is 1. The molecule has 4 nitrogen and oxygen atoms in total. The van der Waals surface area contributed by atoms with Crippen LogP contribution in [-0.2, 0) is 0 Å². The van der Waals surface area contributed by atoms with Gasteiger partial charge in [0.05, 0.1) is 5.69 Å². The number of nitrogens with one attached hydrogen (secondary N) is 1. The Bertz CT molecular complexity index is 562. The summed E-state index contributed by atoms with van der Waals surface area (Å²) in [6.07, 6.45) is 1.10. The van der Waals surface area contributed by atoms with Gasteiger partial charge in [-0.1, -0.05) is 12.1 Å². The minimum atomic E-state index is 0.236. The third-order valence-electron chi connectivity index (χ3n) is 3.29. The van der Waals surface area contributed by atoms with Gasteiger partial charge < -0.3 is 10.4 Å². The summed E-state index contributed by atoms with van der Waals surface area (Å²) in [7, 11) is 0. The van der Waals surface area contributed by atoms with Gasteiger partial charge in [0.15, 0.2) is 0 Å². The van der Waals surface area contributed by atoms with Crippen molar-refractivity contribution in [3.63, 3.8) is 0 Å². The smallest absolute Gasteiger partial charge is 0.141 e. The second-order valence-corrected chi connectivity index (χ2v) is 4.52. The fraction of sp³-hybridized carbons (Fsp3) is 0.385. The van der Waals surface area contributed by atoms with E-state index in [0.717, 1.165) is 36.4 Å². The lowest BCUT2D eigenvalue weighted by molar-refractivity contribution is 0.480. The predicted molar refractivity (Wildman–Crippen MR) is 66.2 cm³/mol. The minimum absolute atomic E-state index is 0.236. The SMILES string of the molecule is Cc1nc(C2CCNC2)c2cccc(O)c2n1. The van der Waals surface area contributed by atoms with Crippen LogP contribution in [0.5, 0.6) is 5.75 Å². The fourth-order valence-corrected chi connectivity index (χ4v) is 2.48. The van der Waals surface area contributed by atoms with Gasteiger partial charge in [0.2, 0.25) is 0 Å². The average Bonchev–Trinajstić information content (AvgIpc) is 2.83. The summed E-state index contributed by atoms with van der Waals surface area (Å²) < 4.78 is 0. The van der Waals surface area contributed by atoms with Crippen molar-refractivity contribution in [1.82, 2.24) is 15.3 Å². The topological polar surface area (TPSA) is 58.0 Å². The molecule has 1 aromatic heterocycles. The molecule has 88 valence electrons. The van der Waals surface area contributed by atoms with Gasteiger partial charge in [-0.25, -0.2) is 9.97 Å². The van der Waals surface area contributed by atoms with E-state index in [1.54, 1.807) is 6.07 Å². The van der Waals surface area contributed by atoms with Crippen molar-refractivity contribution >= 4 is 10.9 Å². The molecule has 1 aliphatic heterocycles. The molecule has 0 spiro atoms. The van der Waals surface area contributed by atoms with E-state index in [1.165, 1.54) is 0 Å². The van der Waals surface area contributed by atoms with Crippen molar-refractivity contribution < 1.29 is 5.11 Å². The van der Waals surface area contributed by atoms with Crippen LogP contribution in [0.4, 0.5) is 0 Å². The largest absolute Gasteiger partial charge is 0.506 e. The molecule has 1 aromatic carbocycles. The zero-order valence-corrected chi connectivity index (χ0v) is 9.77. The molecule has 1 aliphatic rings. The van der Waals surface area contributed by atoms with E-state index < -0.39 is 0 Å². The summed E-state index contributed by atoms with van der Waals surface area (Å²) >= 11 is 0. The lowest BCUT2D eigenvalue weighted by Crippen LogP contribution is -2.10. The van der Waals surface area contributed by atoms with Crippen molar-refractivity contribution in [2.24, 2.45) is 0 Å². The first-order valence-electron chi connectivity index (χ1n) is 5.92. The van der Waals surface area contributed by atoms with E-state index in [0.29, 0.717) is 11.4 Å².